The number of allylic oxidation sites excluding steroid dienone is 1. The highest BCUT2D eigenvalue weighted by Gasteiger charge is 2.39. The number of ketones is 2. The van der Waals surface area contributed by atoms with E-state index in [1.54, 1.807) is 43.5 Å². The minimum Gasteiger partial charge on any atom is -0.496 e. The molecule has 0 N–H and O–H groups in total. The molecule has 0 fully saturated rings. The molecule has 0 spiro atoms. The molecule has 3 aromatic carbocycles. The van der Waals surface area contributed by atoms with E-state index in [0.29, 0.717) is 51.0 Å². The Kier molecular flexibility index (Phi) is 5.68. The molecule has 1 aromatic heterocycles. The summed E-state index contributed by atoms with van der Waals surface area (Å²) in [6.45, 7) is 1.52. The van der Waals surface area contributed by atoms with E-state index in [9.17, 15) is 14.4 Å². The van der Waals surface area contributed by atoms with E-state index < -0.39 is 11.9 Å². The Morgan fingerprint density at radius 1 is 0.947 bits per heavy atom. The lowest BCUT2D eigenvalue weighted by molar-refractivity contribution is -0.135. The van der Waals surface area contributed by atoms with Crippen LogP contribution in [0, 0.1) is 0 Å². The highest BCUT2D eigenvalue weighted by atomic mass is 16.5. The van der Waals surface area contributed by atoms with Crippen LogP contribution < -0.4 is 14.2 Å². The fourth-order valence-corrected chi connectivity index (χ4v) is 4.84. The van der Waals surface area contributed by atoms with Gasteiger partial charge in [0.1, 0.15) is 28.8 Å². The standard InChI is InChI=1S/C31H22O7/c1-17(32)18-7-9-19(10-8-18)24-13-14-25(36-24)22-16-28(33)37-26-12-11-21-30(34)27(38-31(21)29(22)26)15-20-5-3-4-6-23(20)35-2/h3-15,22H,16H2,1-2H3/b27-15-/t22-/m1/s1. The zero-order valence-electron chi connectivity index (χ0n) is 20.6. The Bertz CT molecular complexity index is 1640. The molecule has 0 bridgehead atoms. The molecule has 0 saturated carbocycles. The molecule has 3 heterocycles. The van der Waals surface area contributed by atoms with Crippen LogP contribution in [0.25, 0.3) is 17.4 Å². The molecule has 1 atom stereocenters. The van der Waals surface area contributed by atoms with Crippen LogP contribution in [0.4, 0.5) is 0 Å². The number of esters is 1. The van der Waals surface area contributed by atoms with Crippen molar-refractivity contribution in [3.8, 4) is 28.6 Å². The van der Waals surface area contributed by atoms with Crippen LogP contribution in [0.1, 0.15) is 56.9 Å². The maximum atomic E-state index is 13.3. The SMILES string of the molecule is COc1ccccc1/C=C1\Oc2c(ccc3c2[C@@H](c2ccc(-c4ccc(C(C)=O)cc4)o2)CC(=O)O3)C1=O. The molecule has 38 heavy (non-hydrogen) atoms. The second-order valence-electron chi connectivity index (χ2n) is 9.10. The lowest BCUT2D eigenvalue weighted by Gasteiger charge is -2.24. The van der Waals surface area contributed by atoms with Crippen molar-refractivity contribution in [3.05, 3.63) is 107 Å². The Hall–Kier alpha value is -4.91. The molecule has 4 aromatic rings. The zero-order valence-corrected chi connectivity index (χ0v) is 20.6. The molecular weight excluding hydrogens is 484 g/mol. The van der Waals surface area contributed by atoms with Crippen molar-refractivity contribution < 1.29 is 33.0 Å². The van der Waals surface area contributed by atoms with E-state index in [-0.39, 0.29) is 23.7 Å². The maximum absolute atomic E-state index is 13.3. The smallest absolute Gasteiger partial charge is 0.312 e. The van der Waals surface area contributed by atoms with E-state index in [4.69, 9.17) is 18.6 Å². The number of methoxy groups -OCH3 is 1. The topological polar surface area (TPSA) is 92.0 Å². The monoisotopic (exact) mass is 506 g/mol. The van der Waals surface area contributed by atoms with Gasteiger partial charge in [0.25, 0.3) is 0 Å². The van der Waals surface area contributed by atoms with Crippen molar-refractivity contribution in [2.45, 2.75) is 19.3 Å². The van der Waals surface area contributed by atoms with Crippen LogP contribution in [0.3, 0.4) is 0 Å². The highest BCUT2D eigenvalue weighted by Crippen LogP contribution is 2.49. The first-order valence-corrected chi connectivity index (χ1v) is 12.1. The number of hydrogen-bond donors (Lipinski definition) is 0. The number of para-hydroxylation sites is 1. The van der Waals surface area contributed by atoms with Crippen LogP contribution in [-0.4, -0.2) is 24.6 Å². The van der Waals surface area contributed by atoms with Crippen LogP contribution in [0.15, 0.2) is 83.0 Å². The first-order valence-electron chi connectivity index (χ1n) is 12.1. The van der Waals surface area contributed by atoms with Gasteiger partial charge in [-0.3, -0.25) is 14.4 Å². The van der Waals surface area contributed by atoms with Gasteiger partial charge in [-0.05, 0) is 43.3 Å². The van der Waals surface area contributed by atoms with Gasteiger partial charge in [-0.1, -0.05) is 42.5 Å². The molecule has 0 radical (unpaired) electrons. The molecule has 7 heteroatoms. The summed E-state index contributed by atoms with van der Waals surface area (Å²) in [5, 5.41) is 0. The van der Waals surface area contributed by atoms with E-state index in [1.807, 2.05) is 42.5 Å². The minimum atomic E-state index is -0.509. The summed E-state index contributed by atoms with van der Waals surface area (Å²) in [7, 11) is 1.56. The van der Waals surface area contributed by atoms with Gasteiger partial charge in [-0.25, -0.2) is 0 Å². The van der Waals surface area contributed by atoms with Gasteiger partial charge in [0.2, 0.25) is 5.78 Å². The Morgan fingerprint density at radius 3 is 2.50 bits per heavy atom. The van der Waals surface area contributed by atoms with Crippen LogP contribution in [0.2, 0.25) is 0 Å². The summed E-state index contributed by atoms with van der Waals surface area (Å²) in [6, 6.07) is 21.3. The quantitative estimate of drug-likeness (QED) is 0.137. The highest BCUT2D eigenvalue weighted by molar-refractivity contribution is 6.15. The first-order chi connectivity index (χ1) is 18.4. The second kappa shape index (κ2) is 9.19. The number of rotatable bonds is 5. The predicted molar refractivity (Wildman–Crippen MR) is 139 cm³/mol. The first kappa shape index (κ1) is 23.5. The largest absolute Gasteiger partial charge is 0.496 e. The summed E-state index contributed by atoms with van der Waals surface area (Å²) >= 11 is 0. The van der Waals surface area contributed by atoms with Gasteiger partial charge in [0.05, 0.1) is 25.0 Å². The van der Waals surface area contributed by atoms with E-state index in [1.165, 1.54) is 6.92 Å². The third-order valence-electron chi connectivity index (χ3n) is 6.75. The molecule has 0 unspecified atom stereocenters. The Labute approximate surface area is 218 Å². The molecule has 2 aliphatic rings. The predicted octanol–water partition coefficient (Wildman–Crippen LogP) is 6.22. The summed E-state index contributed by atoms with van der Waals surface area (Å²) in [5.74, 6) is 1.39. The molecule has 0 aliphatic carbocycles. The van der Waals surface area contributed by atoms with Crippen LogP contribution >= 0.6 is 0 Å². The third-order valence-corrected chi connectivity index (χ3v) is 6.75. The Morgan fingerprint density at radius 2 is 1.74 bits per heavy atom. The molecule has 6 rings (SSSR count). The number of Topliss-reactive ketones (excluding diaryl/α,β-unsaturated/α-hetero) is 2. The van der Waals surface area contributed by atoms with Crippen molar-refractivity contribution >= 4 is 23.6 Å². The summed E-state index contributed by atoms with van der Waals surface area (Å²) < 4.78 is 23.2. The lowest BCUT2D eigenvalue weighted by Crippen LogP contribution is -2.21. The van der Waals surface area contributed by atoms with Gasteiger partial charge in [0, 0.05) is 22.3 Å². The lowest BCUT2D eigenvalue weighted by atomic mass is 9.88. The number of fused-ring (bicyclic) bond motifs is 3. The van der Waals surface area contributed by atoms with E-state index in [2.05, 4.69) is 0 Å². The Balaban J connectivity index is 1.39. The number of furan rings is 1. The molecule has 0 saturated heterocycles. The second-order valence-corrected chi connectivity index (χ2v) is 9.10. The molecule has 0 amide bonds. The molecule has 7 nitrogen and oxygen atoms in total. The van der Waals surface area contributed by atoms with Crippen LogP contribution in [-0.2, 0) is 4.79 Å². The fourth-order valence-electron chi connectivity index (χ4n) is 4.84. The number of carbonyl (C=O) groups is 3. The molecular formula is C31H22O7. The summed E-state index contributed by atoms with van der Waals surface area (Å²) in [6.07, 6.45) is 1.68. The molecule has 188 valence electrons. The van der Waals surface area contributed by atoms with Gasteiger partial charge in [-0.2, -0.15) is 0 Å². The summed E-state index contributed by atoms with van der Waals surface area (Å²) in [4.78, 5) is 37.4. The number of benzene rings is 3. The van der Waals surface area contributed by atoms with Crippen LogP contribution in [0.5, 0.6) is 17.2 Å². The van der Waals surface area contributed by atoms with E-state index >= 15 is 0 Å². The summed E-state index contributed by atoms with van der Waals surface area (Å²) in [5.41, 5.74) is 3.09. The normalized spacial score (nSPS) is 17.0. The van der Waals surface area contributed by atoms with Gasteiger partial charge >= 0.3 is 5.97 Å². The number of hydrogen-bond acceptors (Lipinski definition) is 7. The van der Waals surface area contributed by atoms with Gasteiger partial charge in [-0.15, -0.1) is 0 Å². The average Bonchev–Trinajstić information content (AvgIpc) is 3.54. The van der Waals surface area contributed by atoms with Crippen molar-refractivity contribution in [1.29, 1.82) is 0 Å². The maximum Gasteiger partial charge on any atom is 0.312 e. The number of ether oxygens (including phenoxy) is 3. The third kappa shape index (κ3) is 3.98. The zero-order chi connectivity index (χ0) is 26.4. The van der Waals surface area contributed by atoms with E-state index in [0.717, 1.165) is 5.56 Å². The van der Waals surface area contributed by atoms with Crippen molar-refractivity contribution in [2.24, 2.45) is 0 Å². The average molecular weight is 507 g/mol. The molecule has 2 aliphatic heterocycles. The fraction of sp³-hybridized carbons (Fsp3) is 0.129. The minimum absolute atomic E-state index is 0.0171. The van der Waals surface area contributed by atoms with Gasteiger partial charge in [0.15, 0.2) is 11.5 Å². The van der Waals surface area contributed by atoms with Crippen molar-refractivity contribution in [3.63, 3.8) is 0 Å². The number of carbonyl (C=O) groups excluding carboxylic acids is 3. The van der Waals surface area contributed by atoms with Crippen molar-refractivity contribution in [1.82, 2.24) is 0 Å². The van der Waals surface area contributed by atoms with Crippen molar-refractivity contribution in [2.75, 3.05) is 7.11 Å². The van der Waals surface area contributed by atoms with Gasteiger partial charge < -0.3 is 18.6 Å².